The summed E-state index contributed by atoms with van der Waals surface area (Å²) in [4.78, 5) is 33.5. The summed E-state index contributed by atoms with van der Waals surface area (Å²) >= 11 is 3.09. The molecular formula is C15H10BrFN2O5. The number of benzene rings is 2. The maximum Gasteiger partial charge on any atom is 0.339 e. The van der Waals surface area contributed by atoms with E-state index in [2.05, 4.69) is 21.2 Å². The van der Waals surface area contributed by atoms with Gasteiger partial charge < -0.3 is 10.1 Å². The molecule has 0 aliphatic heterocycles. The molecule has 0 fully saturated rings. The third-order valence-electron chi connectivity index (χ3n) is 2.84. The Morgan fingerprint density at radius 2 is 1.88 bits per heavy atom. The van der Waals surface area contributed by atoms with Crippen molar-refractivity contribution in [2.45, 2.75) is 0 Å². The number of anilines is 1. The topological polar surface area (TPSA) is 98.5 Å². The normalized spacial score (nSPS) is 10.1. The fraction of sp³-hybridized carbons (Fsp3) is 0.0667. The van der Waals surface area contributed by atoms with Crippen molar-refractivity contribution in [3.8, 4) is 0 Å². The van der Waals surface area contributed by atoms with E-state index in [0.29, 0.717) is 10.2 Å². The first-order valence-corrected chi connectivity index (χ1v) is 7.32. The summed E-state index contributed by atoms with van der Waals surface area (Å²) < 4.78 is 18.3. The number of non-ortho nitro benzene ring substituents is 1. The minimum Gasteiger partial charge on any atom is -0.452 e. The van der Waals surface area contributed by atoms with Crippen LogP contribution in [0, 0.1) is 15.9 Å². The lowest BCUT2D eigenvalue weighted by molar-refractivity contribution is -0.384. The number of nitro groups is 1. The standard InChI is InChI=1S/C15H10BrFN2O5/c16-13-6-1-9(17)7-12(13)15(21)24-8-14(20)18-10-2-4-11(5-3-10)19(22)23/h1-7H,8H2,(H,18,20). The van der Waals surface area contributed by atoms with Crippen LogP contribution in [0.1, 0.15) is 10.4 Å². The van der Waals surface area contributed by atoms with Crippen molar-refractivity contribution in [1.82, 2.24) is 0 Å². The van der Waals surface area contributed by atoms with Gasteiger partial charge in [0.15, 0.2) is 6.61 Å². The zero-order chi connectivity index (χ0) is 17.7. The zero-order valence-corrected chi connectivity index (χ0v) is 13.6. The number of nitrogens with zero attached hydrogens (tertiary/aromatic N) is 1. The molecule has 0 aliphatic rings. The van der Waals surface area contributed by atoms with Gasteiger partial charge in [-0.2, -0.15) is 0 Å². The van der Waals surface area contributed by atoms with Crippen LogP contribution in [-0.4, -0.2) is 23.4 Å². The van der Waals surface area contributed by atoms with Crippen molar-refractivity contribution >= 4 is 39.2 Å². The molecule has 24 heavy (non-hydrogen) atoms. The van der Waals surface area contributed by atoms with Crippen molar-refractivity contribution in [3.63, 3.8) is 0 Å². The van der Waals surface area contributed by atoms with Crippen molar-refractivity contribution in [3.05, 3.63) is 68.4 Å². The summed E-state index contributed by atoms with van der Waals surface area (Å²) in [5.74, 6) is -2.11. The highest BCUT2D eigenvalue weighted by molar-refractivity contribution is 9.10. The van der Waals surface area contributed by atoms with E-state index >= 15 is 0 Å². The number of carbonyl (C=O) groups is 2. The Hall–Kier alpha value is -2.81. The second kappa shape index (κ2) is 7.64. The molecule has 124 valence electrons. The van der Waals surface area contributed by atoms with Gasteiger partial charge in [0.05, 0.1) is 10.5 Å². The highest BCUT2D eigenvalue weighted by Gasteiger charge is 2.15. The van der Waals surface area contributed by atoms with E-state index < -0.39 is 29.2 Å². The van der Waals surface area contributed by atoms with Crippen LogP contribution in [-0.2, 0) is 9.53 Å². The van der Waals surface area contributed by atoms with Gasteiger partial charge in [0.2, 0.25) is 0 Å². The quantitative estimate of drug-likeness (QED) is 0.474. The first-order valence-electron chi connectivity index (χ1n) is 6.53. The average Bonchev–Trinajstić information content (AvgIpc) is 2.55. The van der Waals surface area contributed by atoms with Crippen LogP contribution in [0.15, 0.2) is 46.9 Å². The lowest BCUT2D eigenvalue weighted by atomic mass is 10.2. The number of ether oxygens (including phenoxy) is 1. The number of nitro benzene ring substituents is 1. The molecule has 2 rings (SSSR count). The first kappa shape index (κ1) is 17.5. The predicted octanol–water partition coefficient (Wildman–Crippen LogP) is 3.29. The number of rotatable bonds is 5. The Morgan fingerprint density at radius 1 is 1.21 bits per heavy atom. The van der Waals surface area contributed by atoms with E-state index in [1.807, 2.05) is 0 Å². The van der Waals surface area contributed by atoms with Crippen LogP contribution in [0.25, 0.3) is 0 Å². The molecule has 2 aromatic carbocycles. The SMILES string of the molecule is O=C(COC(=O)c1cc(F)ccc1Br)Nc1ccc([N+](=O)[O-])cc1. The van der Waals surface area contributed by atoms with Gasteiger partial charge in [0.1, 0.15) is 5.82 Å². The third-order valence-corrected chi connectivity index (χ3v) is 3.54. The fourth-order valence-corrected chi connectivity index (χ4v) is 2.13. The lowest BCUT2D eigenvalue weighted by Crippen LogP contribution is -2.21. The van der Waals surface area contributed by atoms with E-state index in [0.717, 1.165) is 6.07 Å². The van der Waals surface area contributed by atoms with Crippen molar-refractivity contribution in [2.75, 3.05) is 11.9 Å². The molecular weight excluding hydrogens is 387 g/mol. The van der Waals surface area contributed by atoms with Gasteiger partial charge in [0, 0.05) is 22.3 Å². The number of carbonyl (C=O) groups excluding carboxylic acids is 2. The molecule has 1 N–H and O–H groups in total. The smallest absolute Gasteiger partial charge is 0.339 e. The Labute approximate surface area is 143 Å². The minimum atomic E-state index is -0.861. The molecule has 0 saturated carbocycles. The molecule has 0 spiro atoms. The number of nitrogens with one attached hydrogen (secondary N) is 1. The van der Waals surface area contributed by atoms with Gasteiger partial charge in [-0.15, -0.1) is 0 Å². The van der Waals surface area contributed by atoms with E-state index in [4.69, 9.17) is 4.74 Å². The molecule has 9 heteroatoms. The maximum absolute atomic E-state index is 13.1. The van der Waals surface area contributed by atoms with Crippen molar-refractivity contribution < 1.29 is 23.6 Å². The van der Waals surface area contributed by atoms with E-state index in [-0.39, 0.29) is 11.3 Å². The van der Waals surface area contributed by atoms with Crippen LogP contribution in [0.4, 0.5) is 15.8 Å². The summed E-state index contributed by atoms with van der Waals surface area (Å²) in [6.07, 6.45) is 0. The molecule has 0 saturated heterocycles. The van der Waals surface area contributed by atoms with Gasteiger partial charge in [-0.3, -0.25) is 14.9 Å². The van der Waals surface area contributed by atoms with E-state index in [9.17, 15) is 24.1 Å². The van der Waals surface area contributed by atoms with Crippen LogP contribution < -0.4 is 5.32 Å². The number of hydrogen-bond donors (Lipinski definition) is 1. The van der Waals surface area contributed by atoms with Gasteiger partial charge in [-0.25, -0.2) is 9.18 Å². The first-order chi connectivity index (χ1) is 11.4. The molecule has 0 aromatic heterocycles. The largest absolute Gasteiger partial charge is 0.452 e. The van der Waals surface area contributed by atoms with E-state index in [1.54, 1.807) is 0 Å². The fourth-order valence-electron chi connectivity index (χ4n) is 1.73. The molecule has 1 amide bonds. The predicted molar refractivity (Wildman–Crippen MR) is 86.1 cm³/mol. The summed E-state index contributed by atoms with van der Waals surface area (Å²) in [7, 11) is 0. The monoisotopic (exact) mass is 396 g/mol. The van der Waals surface area contributed by atoms with Crippen LogP contribution >= 0.6 is 15.9 Å². The molecule has 0 radical (unpaired) electrons. The second-order valence-electron chi connectivity index (χ2n) is 4.55. The summed E-state index contributed by atoms with van der Waals surface area (Å²) in [6.45, 7) is -0.585. The Kier molecular flexibility index (Phi) is 5.59. The third kappa shape index (κ3) is 4.59. The molecule has 7 nitrogen and oxygen atoms in total. The molecule has 2 aromatic rings. The average molecular weight is 397 g/mol. The Bertz CT molecular complexity index is 795. The lowest BCUT2D eigenvalue weighted by Gasteiger charge is -2.07. The number of hydrogen-bond acceptors (Lipinski definition) is 5. The number of esters is 1. The molecule has 0 unspecified atom stereocenters. The molecule has 0 atom stereocenters. The highest BCUT2D eigenvalue weighted by atomic mass is 79.9. The molecule has 0 aliphatic carbocycles. The number of halogens is 2. The minimum absolute atomic E-state index is 0.0434. The molecule has 0 bridgehead atoms. The molecule has 0 heterocycles. The van der Waals surface area contributed by atoms with E-state index in [1.165, 1.54) is 36.4 Å². The summed E-state index contributed by atoms with van der Waals surface area (Å²) in [5.41, 5.74) is 0.155. The second-order valence-corrected chi connectivity index (χ2v) is 5.41. The van der Waals surface area contributed by atoms with Gasteiger partial charge in [0.25, 0.3) is 11.6 Å². The number of amides is 1. The Morgan fingerprint density at radius 3 is 2.50 bits per heavy atom. The highest BCUT2D eigenvalue weighted by Crippen LogP contribution is 2.19. The van der Waals surface area contributed by atoms with Crippen LogP contribution in [0.5, 0.6) is 0 Å². The Balaban J connectivity index is 1.92. The van der Waals surface area contributed by atoms with Crippen LogP contribution in [0.3, 0.4) is 0 Å². The van der Waals surface area contributed by atoms with Crippen molar-refractivity contribution in [2.24, 2.45) is 0 Å². The van der Waals surface area contributed by atoms with Gasteiger partial charge in [-0.1, -0.05) is 0 Å². The maximum atomic E-state index is 13.1. The van der Waals surface area contributed by atoms with Gasteiger partial charge >= 0.3 is 5.97 Å². The van der Waals surface area contributed by atoms with Gasteiger partial charge in [-0.05, 0) is 46.3 Å². The van der Waals surface area contributed by atoms with Crippen LogP contribution in [0.2, 0.25) is 0 Å². The summed E-state index contributed by atoms with van der Waals surface area (Å²) in [5, 5.41) is 12.9. The summed E-state index contributed by atoms with van der Waals surface area (Å²) in [6, 6.07) is 8.66. The zero-order valence-electron chi connectivity index (χ0n) is 12.0. The van der Waals surface area contributed by atoms with Crippen molar-refractivity contribution in [1.29, 1.82) is 0 Å².